The Morgan fingerprint density at radius 1 is 1.00 bits per heavy atom. The number of aromatic amines is 1. The number of carbonyl (C=O) groups is 5. The van der Waals surface area contributed by atoms with Crippen molar-refractivity contribution >= 4 is 40.6 Å². The normalized spacial score (nSPS) is 14.4. The molecule has 35 heavy (non-hydrogen) atoms. The quantitative estimate of drug-likeness (QED) is 0.199. The number of nitrogens with one attached hydrogen (secondary N) is 4. The summed E-state index contributed by atoms with van der Waals surface area (Å²) in [5.41, 5.74) is 6.90. The van der Waals surface area contributed by atoms with Crippen molar-refractivity contribution < 1.29 is 34.2 Å². The van der Waals surface area contributed by atoms with Gasteiger partial charge >= 0.3 is 11.9 Å². The number of hydrogen-bond acceptors (Lipinski definition) is 6. The van der Waals surface area contributed by atoms with Crippen molar-refractivity contribution in [2.45, 2.75) is 51.2 Å². The van der Waals surface area contributed by atoms with Crippen molar-refractivity contribution in [2.75, 3.05) is 6.54 Å². The minimum atomic E-state index is -1.56. The number of aromatic nitrogens is 1. The molecule has 0 saturated carbocycles. The van der Waals surface area contributed by atoms with Gasteiger partial charge in [0, 0.05) is 23.5 Å². The monoisotopic (exact) mass is 489 g/mol. The first-order valence-corrected chi connectivity index (χ1v) is 11.2. The lowest BCUT2D eigenvalue weighted by Gasteiger charge is -2.25. The van der Waals surface area contributed by atoms with Gasteiger partial charge < -0.3 is 36.9 Å². The van der Waals surface area contributed by atoms with Crippen molar-refractivity contribution in [3.63, 3.8) is 0 Å². The molecule has 3 amide bonds. The van der Waals surface area contributed by atoms with Gasteiger partial charge in [0.2, 0.25) is 17.7 Å². The molecular weight excluding hydrogens is 458 g/mol. The Kier molecular flexibility index (Phi) is 9.76. The predicted octanol–water partition coefficient (Wildman–Crippen LogP) is -0.271. The highest BCUT2D eigenvalue weighted by molar-refractivity contribution is 5.95. The summed E-state index contributed by atoms with van der Waals surface area (Å²) < 4.78 is 0. The summed E-state index contributed by atoms with van der Waals surface area (Å²) >= 11 is 0. The van der Waals surface area contributed by atoms with Crippen LogP contribution in [-0.4, -0.2) is 69.5 Å². The van der Waals surface area contributed by atoms with Crippen LogP contribution in [-0.2, 0) is 30.4 Å². The van der Waals surface area contributed by atoms with Gasteiger partial charge in [-0.15, -0.1) is 0 Å². The van der Waals surface area contributed by atoms with Gasteiger partial charge in [0.25, 0.3) is 0 Å². The van der Waals surface area contributed by atoms with Gasteiger partial charge in [-0.05, 0) is 17.5 Å². The van der Waals surface area contributed by atoms with Crippen LogP contribution in [0.1, 0.15) is 32.3 Å². The first kappa shape index (κ1) is 27.3. The summed E-state index contributed by atoms with van der Waals surface area (Å²) in [6.07, 6.45) is 1.39. The van der Waals surface area contributed by atoms with E-state index in [2.05, 4.69) is 20.9 Å². The summed E-state index contributed by atoms with van der Waals surface area (Å²) in [6.45, 7) is 2.99. The summed E-state index contributed by atoms with van der Waals surface area (Å²) in [6, 6.07) is 3.33. The molecule has 0 bridgehead atoms. The van der Waals surface area contributed by atoms with Gasteiger partial charge in [-0.3, -0.25) is 19.2 Å². The van der Waals surface area contributed by atoms with E-state index in [-0.39, 0.29) is 13.0 Å². The third-order valence-corrected chi connectivity index (χ3v) is 5.72. The van der Waals surface area contributed by atoms with E-state index in [0.29, 0.717) is 12.0 Å². The number of hydrogen-bond donors (Lipinski definition) is 7. The van der Waals surface area contributed by atoms with Gasteiger partial charge in [-0.1, -0.05) is 38.5 Å². The Hall–Kier alpha value is -3.93. The van der Waals surface area contributed by atoms with Crippen molar-refractivity contribution in [1.29, 1.82) is 0 Å². The number of nitrogens with two attached hydrogens (primary N) is 1. The summed E-state index contributed by atoms with van der Waals surface area (Å²) in [7, 11) is 0. The standard InChI is InChI=1S/C23H31N5O7/c1-3-12(2)20(23(34)35)28-22(33)17(9-19(30)31)27-21(32)16(26-18(29)10-24)8-13-11-25-15-7-5-4-6-14(13)15/h4-7,11-12,16-17,20,25H,3,8-10,24H2,1-2H3,(H,26,29)(H,27,32)(H,28,33)(H,30,31)(H,34,35). The molecule has 190 valence electrons. The average Bonchev–Trinajstić information content (AvgIpc) is 3.23. The van der Waals surface area contributed by atoms with E-state index in [1.807, 2.05) is 24.3 Å². The molecule has 0 aliphatic rings. The fourth-order valence-corrected chi connectivity index (χ4v) is 3.58. The summed E-state index contributed by atoms with van der Waals surface area (Å²) in [5.74, 6) is -5.47. The second kappa shape index (κ2) is 12.5. The third kappa shape index (κ3) is 7.54. The highest BCUT2D eigenvalue weighted by Gasteiger charge is 2.32. The van der Waals surface area contributed by atoms with Crippen LogP contribution in [0.15, 0.2) is 30.5 Å². The fraction of sp³-hybridized carbons (Fsp3) is 0.435. The minimum absolute atomic E-state index is 0.0353. The third-order valence-electron chi connectivity index (χ3n) is 5.72. The molecule has 2 rings (SSSR count). The number of aliphatic carboxylic acids is 2. The van der Waals surface area contributed by atoms with Gasteiger partial charge in [-0.2, -0.15) is 0 Å². The molecule has 2 aromatic rings. The number of carboxylic acid groups (broad SMARTS) is 2. The van der Waals surface area contributed by atoms with Gasteiger partial charge in [-0.25, -0.2) is 4.79 Å². The number of rotatable bonds is 13. The fourth-order valence-electron chi connectivity index (χ4n) is 3.58. The molecule has 1 heterocycles. The maximum atomic E-state index is 13.1. The summed E-state index contributed by atoms with van der Waals surface area (Å²) in [4.78, 5) is 63.9. The Balaban J connectivity index is 2.26. The number of H-pyrrole nitrogens is 1. The molecule has 0 spiro atoms. The maximum absolute atomic E-state index is 13.1. The Bertz CT molecular complexity index is 1080. The number of amides is 3. The molecule has 4 unspecified atom stereocenters. The van der Waals surface area contributed by atoms with E-state index >= 15 is 0 Å². The van der Waals surface area contributed by atoms with E-state index in [4.69, 9.17) is 5.73 Å². The number of carboxylic acids is 2. The SMILES string of the molecule is CCC(C)C(NC(=O)C(CC(=O)O)NC(=O)C(Cc1c[nH]c2ccccc12)NC(=O)CN)C(=O)O. The maximum Gasteiger partial charge on any atom is 0.326 e. The smallest absolute Gasteiger partial charge is 0.326 e. The molecule has 12 nitrogen and oxygen atoms in total. The first-order chi connectivity index (χ1) is 16.6. The van der Waals surface area contributed by atoms with E-state index in [1.165, 1.54) is 0 Å². The van der Waals surface area contributed by atoms with Crippen LogP contribution in [0.4, 0.5) is 0 Å². The van der Waals surface area contributed by atoms with Crippen LogP contribution < -0.4 is 21.7 Å². The molecule has 0 fully saturated rings. The second-order valence-electron chi connectivity index (χ2n) is 8.26. The van der Waals surface area contributed by atoms with Crippen molar-refractivity contribution in [3.8, 4) is 0 Å². The summed E-state index contributed by atoms with van der Waals surface area (Å²) in [5, 5.41) is 26.7. The van der Waals surface area contributed by atoms with Crippen LogP contribution in [0.3, 0.4) is 0 Å². The molecule has 12 heteroatoms. The zero-order valence-corrected chi connectivity index (χ0v) is 19.5. The van der Waals surface area contributed by atoms with Crippen molar-refractivity contribution in [1.82, 2.24) is 20.9 Å². The van der Waals surface area contributed by atoms with Crippen LogP contribution in [0.2, 0.25) is 0 Å². The first-order valence-electron chi connectivity index (χ1n) is 11.2. The molecule has 0 aliphatic carbocycles. The molecule has 4 atom stereocenters. The molecule has 8 N–H and O–H groups in total. The molecular formula is C23H31N5O7. The number of carbonyl (C=O) groups excluding carboxylic acids is 3. The zero-order chi connectivity index (χ0) is 26.1. The van der Waals surface area contributed by atoms with Crippen LogP contribution in [0, 0.1) is 5.92 Å². The predicted molar refractivity (Wildman–Crippen MR) is 126 cm³/mol. The second-order valence-corrected chi connectivity index (χ2v) is 8.26. The zero-order valence-electron chi connectivity index (χ0n) is 19.5. The lowest BCUT2D eigenvalue weighted by molar-refractivity contribution is -0.144. The number of benzene rings is 1. The molecule has 0 saturated heterocycles. The Morgan fingerprint density at radius 2 is 1.66 bits per heavy atom. The van der Waals surface area contributed by atoms with Crippen LogP contribution in [0.5, 0.6) is 0 Å². The largest absolute Gasteiger partial charge is 0.481 e. The van der Waals surface area contributed by atoms with Crippen LogP contribution in [0.25, 0.3) is 10.9 Å². The Morgan fingerprint density at radius 3 is 2.26 bits per heavy atom. The Labute approximate surface area is 201 Å². The highest BCUT2D eigenvalue weighted by atomic mass is 16.4. The number of para-hydroxylation sites is 1. The molecule has 1 aromatic heterocycles. The minimum Gasteiger partial charge on any atom is -0.481 e. The molecule has 0 radical (unpaired) electrons. The van der Waals surface area contributed by atoms with E-state index in [1.54, 1.807) is 20.0 Å². The molecule has 0 aliphatic heterocycles. The topological polar surface area (TPSA) is 204 Å². The average molecular weight is 490 g/mol. The van der Waals surface area contributed by atoms with Gasteiger partial charge in [0.15, 0.2) is 0 Å². The van der Waals surface area contributed by atoms with Crippen molar-refractivity contribution in [2.24, 2.45) is 11.7 Å². The lowest BCUT2D eigenvalue weighted by Crippen LogP contribution is -2.57. The van der Waals surface area contributed by atoms with Crippen LogP contribution >= 0.6 is 0 Å². The molecule has 1 aromatic carbocycles. The van der Waals surface area contributed by atoms with Gasteiger partial charge in [0.05, 0.1) is 13.0 Å². The van der Waals surface area contributed by atoms with E-state index in [0.717, 1.165) is 10.9 Å². The van der Waals surface area contributed by atoms with E-state index < -0.39 is 60.1 Å². The number of fused-ring (bicyclic) bond motifs is 1. The van der Waals surface area contributed by atoms with E-state index in [9.17, 15) is 34.2 Å². The van der Waals surface area contributed by atoms with Crippen molar-refractivity contribution in [3.05, 3.63) is 36.0 Å². The lowest BCUT2D eigenvalue weighted by atomic mass is 9.98. The van der Waals surface area contributed by atoms with Gasteiger partial charge in [0.1, 0.15) is 18.1 Å². The highest BCUT2D eigenvalue weighted by Crippen LogP contribution is 2.19.